The summed E-state index contributed by atoms with van der Waals surface area (Å²) in [5, 5.41) is 6.03. The fourth-order valence-electron chi connectivity index (χ4n) is 3.18. The van der Waals surface area contributed by atoms with Crippen molar-refractivity contribution in [3.63, 3.8) is 0 Å². The van der Waals surface area contributed by atoms with Crippen molar-refractivity contribution in [3.8, 4) is 0 Å². The Morgan fingerprint density at radius 1 is 0.667 bits per heavy atom. The lowest BCUT2D eigenvalue weighted by atomic mass is 10.5. The van der Waals surface area contributed by atoms with Crippen LogP contribution in [0.2, 0.25) is 0 Å². The molecule has 0 aromatic carbocycles. The number of rotatable bonds is 5. The van der Waals surface area contributed by atoms with Crippen LogP contribution in [0.25, 0.3) is 22.3 Å². The predicted molar refractivity (Wildman–Crippen MR) is 110 cm³/mol. The summed E-state index contributed by atoms with van der Waals surface area (Å²) in [6.45, 7) is 0.782. The molecule has 4 N–H and O–H groups in total. The van der Waals surface area contributed by atoms with E-state index in [1.54, 1.807) is 0 Å². The molecule has 0 aliphatic rings. The number of hydrogen-bond donors (Lipinski definition) is 4. The van der Waals surface area contributed by atoms with E-state index in [-0.39, 0.29) is 22.3 Å². The van der Waals surface area contributed by atoms with E-state index in [0.717, 1.165) is 9.13 Å². The fourth-order valence-corrected chi connectivity index (χ4v) is 3.18. The number of nitrogens with zero attached hydrogens (tertiary/aromatic N) is 6. The van der Waals surface area contributed by atoms with Crippen LogP contribution in [0.15, 0.2) is 19.2 Å². The molecule has 0 saturated carbocycles. The van der Waals surface area contributed by atoms with Crippen molar-refractivity contribution < 1.29 is 0 Å². The average Bonchev–Trinajstić information content (AvgIpc) is 3.35. The molecule has 0 amide bonds. The molecule has 0 atom stereocenters. The van der Waals surface area contributed by atoms with E-state index in [1.807, 2.05) is 0 Å². The smallest absolute Gasteiger partial charge is 0.332 e. The molecular weight excluding hydrogens is 396 g/mol. The highest BCUT2D eigenvalue weighted by atomic mass is 16.2. The van der Waals surface area contributed by atoms with Crippen molar-refractivity contribution >= 4 is 34.2 Å². The Labute approximate surface area is 166 Å². The van der Waals surface area contributed by atoms with Gasteiger partial charge in [0, 0.05) is 41.3 Å². The van der Waals surface area contributed by atoms with Gasteiger partial charge in [0.15, 0.2) is 22.3 Å². The van der Waals surface area contributed by atoms with Gasteiger partial charge in [0.25, 0.3) is 11.1 Å². The molecule has 158 valence electrons. The largest absolute Gasteiger partial charge is 0.354 e. The van der Waals surface area contributed by atoms with Gasteiger partial charge in [-0.15, -0.1) is 0 Å². The maximum absolute atomic E-state index is 12.2. The fraction of sp³-hybridized carbons (Fsp3) is 0.375. The summed E-state index contributed by atoms with van der Waals surface area (Å²) >= 11 is 0. The number of H-pyrrole nitrogens is 2. The van der Waals surface area contributed by atoms with Gasteiger partial charge >= 0.3 is 11.4 Å². The maximum atomic E-state index is 12.2. The topological polar surface area (TPSA) is 169 Å². The van der Waals surface area contributed by atoms with Crippen molar-refractivity contribution in [2.45, 2.75) is 0 Å². The lowest BCUT2D eigenvalue weighted by molar-refractivity contribution is 0.709. The Morgan fingerprint density at radius 3 is 1.40 bits per heavy atom. The number of aromatic amines is 2. The first kappa shape index (κ1) is 19.2. The second-order valence-corrected chi connectivity index (χ2v) is 6.83. The van der Waals surface area contributed by atoms with Crippen LogP contribution in [-0.2, 0) is 28.2 Å². The molecule has 0 aliphatic carbocycles. The molecule has 14 nitrogen and oxygen atoms in total. The van der Waals surface area contributed by atoms with Crippen LogP contribution < -0.4 is 33.1 Å². The number of anilines is 2. The Balaban J connectivity index is 1.50. The van der Waals surface area contributed by atoms with Crippen LogP contribution in [0.1, 0.15) is 0 Å². The lowest BCUT2D eigenvalue weighted by Crippen LogP contribution is -2.36. The molecule has 0 fully saturated rings. The van der Waals surface area contributed by atoms with Gasteiger partial charge in [-0.3, -0.25) is 27.9 Å². The average molecular weight is 416 g/mol. The lowest BCUT2D eigenvalue weighted by Gasteiger charge is -2.03. The van der Waals surface area contributed by atoms with E-state index < -0.39 is 22.5 Å². The monoisotopic (exact) mass is 416 g/mol. The molecule has 4 aromatic heterocycles. The van der Waals surface area contributed by atoms with Crippen molar-refractivity contribution in [1.29, 1.82) is 0 Å². The number of hydrogen-bond acceptors (Lipinski definition) is 8. The second kappa shape index (κ2) is 6.75. The Kier molecular flexibility index (Phi) is 4.33. The van der Waals surface area contributed by atoms with Gasteiger partial charge in [-0.05, 0) is 0 Å². The molecule has 0 aliphatic heterocycles. The van der Waals surface area contributed by atoms with Crippen LogP contribution in [0.3, 0.4) is 0 Å². The van der Waals surface area contributed by atoms with Crippen molar-refractivity contribution in [1.82, 2.24) is 38.2 Å². The summed E-state index contributed by atoms with van der Waals surface area (Å²) in [7, 11) is 5.88. The Bertz CT molecular complexity index is 1410. The molecule has 0 saturated heterocycles. The molecule has 30 heavy (non-hydrogen) atoms. The van der Waals surface area contributed by atoms with Gasteiger partial charge in [0.2, 0.25) is 11.9 Å². The van der Waals surface area contributed by atoms with E-state index in [1.165, 1.54) is 37.3 Å². The first-order valence-electron chi connectivity index (χ1n) is 9.00. The van der Waals surface area contributed by atoms with Crippen LogP contribution in [0.4, 0.5) is 11.9 Å². The molecule has 0 radical (unpaired) electrons. The predicted octanol–water partition coefficient (Wildman–Crippen LogP) is -2.24. The zero-order valence-electron chi connectivity index (χ0n) is 16.7. The summed E-state index contributed by atoms with van der Waals surface area (Å²) in [4.78, 5) is 62.6. The first-order chi connectivity index (χ1) is 14.2. The molecule has 14 heteroatoms. The SMILES string of the molecule is Cn1c(=O)c2[nH]c(NCCNc3nc4c([nH]3)c(=O)n(C)c(=O)n4C)nc2n(C)c1=O. The molecule has 0 unspecified atom stereocenters. The quantitative estimate of drug-likeness (QED) is 0.265. The minimum atomic E-state index is -0.461. The van der Waals surface area contributed by atoms with E-state index in [2.05, 4.69) is 30.6 Å². The zero-order chi connectivity index (χ0) is 21.7. The maximum Gasteiger partial charge on any atom is 0.332 e. The van der Waals surface area contributed by atoms with Gasteiger partial charge in [-0.25, -0.2) is 9.59 Å². The first-order valence-corrected chi connectivity index (χ1v) is 9.00. The number of aromatic nitrogens is 8. The molecule has 4 heterocycles. The van der Waals surface area contributed by atoms with E-state index in [0.29, 0.717) is 25.0 Å². The standard InChI is InChI=1S/C16H20N10O4/c1-23-9-7(11(27)25(3)15(23)29)19-13(21-9)17-5-6-18-14-20-8-10(22-14)24(2)16(30)26(4)12(8)28/h5-6H2,1-4H3,(H2,17,19,21)(H2,18,20,22). The number of nitrogens with one attached hydrogen (secondary N) is 4. The van der Waals surface area contributed by atoms with Crippen molar-refractivity contribution in [2.75, 3.05) is 23.7 Å². The zero-order valence-corrected chi connectivity index (χ0v) is 16.7. The summed E-state index contributed by atoms with van der Waals surface area (Å²) in [6, 6.07) is 0. The second-order valence-electron chi connectivity index (χ2n) is 6.83. The minimum Gasteiger partial charge on any atom is -0.354 e. The van der Waals surface area contributed by atoms with Crippen molar-refractivity contribution in [3.05, 3.63) is 41.7 Å². The summed E-state index contributed by atoms with van der Waals surface area (Å²) in [5.41, 5.74) is -0.869. The molecule has 0 spiro atoms. The van der Waals surface area contributed by atoms with Crippen LogP contribution in [-0.4, -0.2) is 51.3 Å². The molecule has 4 aromatic rings. The third kappa shape index (κ3) is 2.80. The van der Waals surface area contributed by atoms with Gasteiger partial charge in [-0.1, -0.05) is 0 Å². The minimum absolute atomic E-state index is 0.226. The van der Waals surface area contributed by atoms with E-state index >= 15 is 0 Å². The van der Waals surface area contributed by atoms with Crippen LogP contribution in [0, 0.1) is 0 Å². The molecule has 0 bridgehead atoms. The summed E-state index contributed by atoms with van der Waals surface area (Å²) < 4.78 is 4.59. The van der Waals surface area contributed by atoms with Gasteiger partial charge in [0.1, 0.15) is 0 Å². The Hall–Kier alpha value is -4.10. The third-order valence-electron chi connectivity index (χ3n) is 4.90. The number of fused-ring (bicyclic) bond motifs is 2. The van der Waals surface area contributed by atoms with Crippen LogP contribution >= 0.6 is 0 Å². The normalized spacial score (nSPS) is 11.5. The summed E-state index contributed by atoms with van der Waals surface area (Å²) in [6.07, 6.45) is 0. The van der Waals surface area contributed by atoms with Gasteiger partial charge < -0.3 is 20.6 Å². The van der Waals surface area contributed by atoms with Crippen LogP contribution in [0.5, 0.6) is 0 Å². The molecular formula is C16H20N10O4. The third-order valence-corrected chi connectivity index (χ3v) is 4.90. The van der Waals surface area contributed by atoms with Crippen molar-refractivity contribution in [2.24, 2.45) is 28.2 Å². The highest BCUT2D eigenvalue weighted by Gasteiger charge is 2.14. The van der Waals surface area contributed by atoms with E-state index in [9.17, 15) is 19.2 Å². The molecule has 4 rings (SSSR count). The highest BCUT2D eigenvalue weighted by Crippen LogP contribution is 2.09. The number of imidazole rings is 2. The highest BCUT2D eigenvalue weighted by molar-refractivity contribution is 5.73. The van der Waals surface area contributed by atoms with Gasteiger partial charge in [-0.2, -0.15) is 9.97 Å². The van der Waals surface area contributed by atoms with Gasteiger partial charge in [0.05, 0.1) is 0 Å². The Morgan fingerprint density at radius 2 is 1.03 bits per heavy atom. The van der Waals surface area contributed by atoms with E-state index in [4.69, 9.17) is 0 Å². The summed E-state index contributed by atoms with van der Waals surface area (Å²) in [5.74, 6) is 0.678. The number of aryl methyl sites for hydroxylation is 2.